The summed E-state index contributed by atoms with van der Waals surface area (Å²) in [6.07, 6.45) is 2.53. The van der Waals surface area contributed by atoms with Crippen molar-refractivity contribution in [2.24, 2.45) is 5.73 Å². The standard InChI is InChI=1S/C34H35N3O4/c1-41-34(40)29-11-5-4-10-28(29)26-17-13-23(14-18-26)22-37-31(12-6-7-19-35)32(38)36-30(33(37)39)21-24-15-16-25-8-2-3-9-27(25)20-24/h2-5,8-11,13-18,20,30-31H,6-7,12,19,21-22,35H2,1H3,(H,36,38)/t30-,31-/m0/s1. The summed E-state index contributed by atoms with van der Waals surface area (Å²) in [6.45, 7) is 0.855. The molecule has 0 saturated carbocycles. The molecule has 1 saturated heterocycles. The van der Waals surface area contributed by atoms with Crippen LogP contribution < -0.4 is 11.1 Å². The highest BCUT2D eigenvalue weighted by molar-refractivity contribution is 5.98. The van der Waals surface area contributed by atoms with Crippen molar-refractivity contribution in [3.63, 3.8) is 0 Å². The molecule has 1 heterocycles. The lowest BCUT2D eigenvalue weighted by Crippen LogP contribution is -2.63. The Morgan fingerprint density at radius 2 is 1.59 bits per heavy atom. The molecule has 0 aromatic heterocycles. The first-order chi connectivity index (χ1) is 20.0. The maximum atomic E-state index is 13.9. The lowest BCUT2D eigenvalue weighted by Gasteiger charge is -2.39. The molecule has 7 nitrogen and oxygen atoms in total. The number of fused-ring (bicyclic) bond motifs is 1. The molecule has 0 bridgehead atoms. The number of amides is 2. The molecule has 0 spiro atoms. The molecular weight excluding hydrogens is 514 g/mol. The Kier molecular flexibility index (Phi) is 8.75. The number of hydrogen-bond acceptors (Lipinski definition) is 5. The predicted octanol–water partition coefficient (Wildman–Crippen LogP) is 4.86. The van der Waals surface area contributed by atoms with E-state index in [4.69, 9.17) is 10.5 Å². The average molecular weight is 550 g/mol. The van der Waals surface area contributed by atoms with Gasteiger partial charge in [0.15, 0.2) is 0 Å². The highest BCUT2D eigenvalue weighted by Crippen LogP contribution is 2.27. The second kappa shape index (κ2) is 12.8. The summed E-state index contributed by atoms with van der Waals surface area (Å²) in [7, 11) is 1.37. The average Bonchev–Trinajstić information content (AvgIpc) is 3.01. The third-order valence-electron chi connectivity index (χ3n) is 7.71. The largest absolute Gasteiger partial charge is 0.465 e. The summed E-state index contributed by atoms with van der Waals surface area (Å²) in [5.41, 5.74) is 9.73. The number of benzene rings is 4. The van der Waals surface area contributed by atoms with E-state index < -0.39 is 18.1 Å². The molecule has 1 aliphatic heterocycles. The molecule has 0 radical (unpaired) electrons. The second-order valence-corrected chi connectivity index (χ2v) is 10.4. The highest BCUT2D eigenvalue weighted by Gasteiger charge is 2.40. The van der Waals surface area contributed by atoms with Crippen LogP contribution in [-0.4, -0.2) is 48.4 Å². The number of hydrogen-bond donors (Lipinski definition) is 2. The van der Waals surface area contributed by atoms with Gasteiger partial charge in [-0.1, -0.05) is 84.9 Å². The van der Waals surface area contributed by atoms with E-state index in [-0.39, 0.29) is 11.8 Å². The molecule has 1 aliphatic rings. The van der Waals surface area contributed by atoms with E-state index in [9.17, 15) is 14.4 Å². The quantitative estimate of drug-likeness (QED) is 0.217. The van der Waals surface area contributed by atoms with Crippen molar-refractivity contribution >= 4 is 28.6 Å². The number of piperazine rings is 1. The molecule has 4 aromatic carbocycles. The fourth-order valence-electron chi connectivity index (χ4n) is 5.53. The fraction of sp³-hybridized carbons (Fsp3) is 0.265. The van der Waals surface area contributed by atoms with Crippen LogP contribution in [0.2, 0.25) is 0 Å². The van der Waals surface area contributed by atoms with E-state index in [0.29, 0.717) is 31.5 Å². The molecule has 210 valence electrons. The van der Waals surface area contributed by atoms with Crippen molar-refractivity contribution < 1.29 is 19.1 Å². The fourth-order valence-corrected chi connectivity index (χ4v) is 5.53. The second-order valence-electron chi connectivity index (χ2n) is 10.4. The Balaban J connectivity index is 1.38. The van der Waals surface area contributed by atoms with Crippen LogP contribution in [0.15, 0.2) is 91.0 Å². The van der Waals surface area contributed by atoms with Gasteiger partial charge in [0.05, 0.1) is 12.7 Å². The lowest BCUT2D eigenvalue weighted by molar-refractivity contribution is -0.150. The van der Waals surface area contributed by atoms with Crippen LogP contribution in [0.5, 0.6) is 0 Å². The summed E-state index contributed by atoms with van der Waals surface area (Å²) in [5.74, 6) is -0.612. The molecule has 0 aliphatic carbocycles. The van der Waals surface area contributed by atoms with E-state index in [1.807, 2.05) is 66.7 Å². The zero-order chi connectivity index (χ0) is 28.8. The van der Waals surface area contributed by atoms with Crippen LogP contribution in [0.25, 0.3) is 21.9 Å². The molecule has 7 heteroatoms. The maximum absolute atomic E-state index is 13.9. The molecule has 2 atom stereocenters. The van der Waals surface area contributed by atoms with E-state index in [2.05, 4.69) is 17.4 Å². The van der Waals surface area contributed by atoms with Gasteiger partial charge in [-0.15, -0.1) is 0 Å². The van der Waals surface area contributed by atoms with E-state index >= 15 is 0 Å². The Morgan fingerprint density at radius 1 is 0.878 bits per heavy atom. The van der Waals surface area contributed by atoms with Gasteiger partial charge in [-0.05, 0) is 64.9 Å². The van der Waals surface area contributed by atoms with Crippen LogP contribution in [0.3, 0.4) is 0 Å². The van der Waals surface area contributed by atoms with E-state index in [0.717, 1.165) is 45.9 Å². The van der Waals surface area contributed by atoms with Gasteiger partial charge in [0.1, 0.15) is 12.1 Å². The lowest BCUT2D eigenvalue weighted by atomic mass is 9.95. The Labute approximate surface area is 240 Å². The number of carbonyl (C=O) groups is 3. The molecule has 4 aromatic rings. The van der Waals surface area contributed by atoms with Crippen molar-refractivity contribution in [3.8, 4) is 11.1 Å². The predicted molar refractivity (Wildman–Crippen MR) is 160 cm³/mol. The summed E-state index contributed by atoms with van der Waals surface area (Å²) in [5, 5.41) is 5.24. The third-order valence-corrected chi connectivity index (χ3v) is 7.71. The molecule has 41 heavy (non-hydrogen) atoms. The zero-order valence-corrected chi connectivity index (χ0v) is 23.2. The van der Waals surface area contributed by atoms with E-state index in [1.165, 1.54) is 7.11 Å². The number of nitrogens with two attached hydrogens (primary N) is 1. The van der Waals surface area contributed by atoms with Crippen molar-refractivity contribution in [1.82, 2.24) is 10.2 Å². The van der Waals surface area contributed by atoms with Crippen molar-refractivity contribution in [2.45, 2.75) is 44.3 Å². The summed E-state index contributed by atoms with van der Waals surface area (Å²) in [6, 6.07) is 28.1. The number of esters is 1. The van der Waals surface area contributed by atoms with E-state index in [1.54, 1.807) is 17.0 Å². The summed E-state index contributed by atoms with van der Waals surface area (Å²) in [4.78, 5) is 41.2. The minimum Gasteiger partial charge on any atom is -0.465 e. The molecule has 3 N–H and O–H groups in total. The first kappa shape index (κ1) is 28.1. The normalized spacial score (nSPS) is 17.0. The number of carbonyl (C=O) groups excluding carboxylic acids is 3. The van der Waals surface area contributed by atoms with Crippen LogP contribution in [-0.2, 0) is 27.3 Å². The Hall–Kier alpha value is -4.49. The highest BCUT2D eigenvalue weighted by atomic mass is 16.5. The summed E-state index contributed by atoms with van der Waals surface area (Å²) >= 11 is 0. The number of ether oxygens (including phenoxy) is 1. The van der Waals surface area contributed by atoms with Crippen LogP contribution in [0.1, 0.15) is 40.7 Å². The SMILES string of the molecule is COC(=O)c1ccccc1-c1ccc(CN2C(=O)[C@H](Cc3ccc4ccccc4c3)NC(=O)[C@@H]2CCCCN)cc1. The van der Waals surface area contributed by atoms with Gasteiger partial charge < -0.3 is 20.7 Å². The molecule has 2 amide bonds. The van der Waals surface area contributed by atoms with Gasteiger partial charge in [0.2, 0.25) is 11.8 Å². The van der Waals surface area contributed by atoms with Crippen molar-refractivity contribution in [1.29, 1.82) is 0 Å². The van der Waals surface area contributed by atoms with Crippen molar-refractivity contribution in [3.05, 3.63) is 108 Å². The van der Waals surface area contributed by atoms with Crippen molar-refractivity contribution in [2.75, 3.05) is 13.7 Å². The van der Waals surface area contributed by atoms with Gasteiger partial charge in [0, 0.05) is 13.0 Å². The number of nitrogens with zero attached hydrogens (tertiary/aromatic N) is 1. The maximum Gasteiger partial charge on any atom is 0.338 e. The Morgan fingerprint density at radius 3 is 2.34 bits per heavy atom. The topological polar surface area (TPSA) is 102 Å². The van der Waals surface area contributed by atoms with Gasteiger partial charge in [-0.2, -0.15) is 0 Å². The van der Waals surface area contributed by atoms with Gasteiger partial charge >= 0.3 is 5.97 Å². The van der Waals surface area contributed by atoms with Gasteiger partial charge in [-0.25, -0.2) is 4.79 Å². The Bertz CT molecular complexity index is 1550. The first-order valence-corrected chi connectivity index (χ1v) is 14.0. The van der Waals surface area contributed by atoms with Crippen LogP contribution in [0, 0.1) is 0 Å². The van der Waals surface area contributed by atoms with Gasteiger partial charge in [-0.3, -0.25) is 9.59 Å². The zero-order valence-electron chi connectivity index (χ0n) is 23.2. The number of rotatable bonds is 10. The number of nitrogens with one attached hydrogen (secondary N) is 1. The smallest absolute Gasteiger partial charge is 0.338 e. The minimum atomic E-state index is -0.638. The molecule has 5 rings (SSSR count). The minimum absolute atomic E-state index is 0.0874. The van der Waals surface area contributed by atoms with Gasteiger partial charge in [0.25, 0.3) is 0 Å². The summed E-state index contributed by atoms with van der Waals surface area (Å²) < 4.78 is 4.94. The molecular formula is C34H35N3O4. The number of methoxy groups -OCH3 is 1. The monoisotopic (exact) mass is 549 g/mol. The molecule has 0 unspecified atom stereocenters. The first-order valence-electron chi connectivity index (χ1n) is 14.0. The van der Waals surface area contributed by atoms with Crippen LogP contribution >= 0.6 is 0 Å². The number of unbranched alkanes of at least 4 members (excludes halogenated alkanes) is 1. The third kappa shape index (κ3) is 6.31. The molecule has 1 fully saturated rings. The van der Waals surface area contributed by atoms with Crippen LogP contribution in [0.4, 0.5) is 0 Å².